The number of hydrogen-bond acceptors (Lipinski definition) is 0. The molecule has 0 spiro atoms. The van der Waals surface area contributed by atoms with Gasteiger partial charge in [-0.15, -0.1) is 0 Å². The molecule has 0 aromatic heterocycles. The van der Waals surface area contributed by atoms with E-state index in [1.807, 2.05) is 0 Å². The standard InChI is InChI=1S/C11H22/c1-5-6-9(2)7-10-8-11(10,3)4/h9-10H,5-8H2,1-4H3. The van der Waals surface area contributed by atoms with Crippen LogP contribution in [0.15, 0.2) is 0 Å². The number of rotatable bonds is 4. The third-order valence-electron chi connectivity index (χ3n) is 3.19. The SMILES string of the molecule is CCCC(C)CC1CC1(C)C. The van der Waals surface area contributed by atoms with Gasteiger partial charge in [-0.05, 0) is 30.1 Å². The summed E-state index contributed by atoms with van der Waals surface area (Å²) in [4.78, 5) is 0. The maximum absolute atomic E-state index is 2.40. The van der Waals surface area contributed by atoms with Crippen molar-refractivity contribution in [3.05, 3.63) is 0 Å². The molecule has 0 heterocycles. The lowest BCUT2D eigenvalue weighted by molar-refractivity contribution is 0.414. The van der Waals surface area contributed by atoms with Gasteiger partial charge in [-0.1, -0.05) is 40.5 Å². The van der Waals surface area contributed by atoms with Gasteiger partial charge in [0, 0.05) is 0 Å². The molecule has 0 nitrogen and oxygen atoms in total. The van der Waals surface area contributed by atoms with Crippen LogP contribution in [-0.4, -0.2) is 0 Å². The predicted octanol–water partition coefficient (Wildman–Crippen LogP) is 3.86. The zero-order valence-electron chi connectivity index (χ0n) is 8.48. The molecule has 0 amide bonds. The first-order chi connectivity index (χ1) is 5.06. The van der Waals surface area contributed by atoms with Crippen LogP contribution in [0.5, 0.6) is 0 Å². The maximum Gasteiger partial charge on any atom is -0.0323 e. The van der Waals surface area contributed by atoms with E-state index < -0.39 is 0 Å². The van der Waals surface area contributed by atoms with E-state index in [1.54, 1.807) is 0 Å². The van der Waals surface area contributed by atoms with E-state index >= 15 is 0 Å². The minimum atomic E-state index is 0.696. The molecule has 2 unspecified atom stereocenters. The lowest BCUT2D eigenvalue weighted by Gasteiger charge is -2.10. The average Bonchev–Trinajstić information content (AvgIpc) is 2.39. The minimum Gasteiger partial charge on any atom is -0.0654 e. The second-order valence-corrected chi connectivity index (χ2v) is 5.02. The fourth-order valence-corrected chi connectivity index (χ4v) is 2.07. The Morgan fingerprint density at radius 1 is 1.45 bits per heavy atom. The van der Waals surface area contributed by atoms with Crippen molar-refractivity contribution in [2.45, 2.75) is 53.4 Å². The molecule has 0 radical (unpaired) electrons. The van der Waals surface area contributed by atoms with Gasteiger partial charge in [-0.3, -0.25) is 0 Å². The Bertz CT molecular complexity index is 124. The van der Waals surface area contributed by atoms with Gasteiger partial charge in [0.25, 0.3) is 0 Å². The summed E-state index contributed by atoms with van der Waals surface area (Å²) in [6.45, 7) is 9.49. The van der Waals surface area contributed by atoms with Crippen molar-refractivity contribution in [3.63, 3.8) is 0 Å². The topological polar surface area (TPSA) is 0 Å². The van der Waals surface area contributed by atoms with E-state index in [9.17, 15) is 0 Å². The highest BCUT2D eigenvalue weighted by atomic mass is 14.5. The molecule has 0 saturated heterocycles. The van der Waals surface area contributed by atoms with Crippen LogP contribution in [0.3, 0.4) is 0 Å². The summed E-state index contributed by atoms with van der Waals surface area (Å²) in [6, 6.07) is 0. The van der Waals surface area contributed by atoms with Crippen molar-refractivity contribution >= 4 is 0 Å². The predicted molar refractivity (Wildman–Crippen MR) is 50.6 cm³/mol. The van der Waals surface area contributed by atoms with Gasteiger partial charge < -0.3 is 0 Å². The third-order valence-corrected chi connectivity index (χ3v) is 3.19. The lowest BCUT2D eigenvalue weighted by atomic mass is 9.96. The van der Waals surface area contributed by atoms with Gasteiger partial charge in [0.1, 0.15) is 0 Å². The summed E-state index contributed by atoms with van der Waals surface area (Å²) in [5.74, 6) is 2.01. The molecule has 0 heteroatoms. The average molecular weight is 154 g/mol. The summed E-state index contributed by atoms with van der Waals surface area (Å²) < 4.78 is 0. The van der Waals surface area contributed by atoms with Gasteiger partial charge in [-0.25, -0.2) is 0 Å². The Morgan fingerprint density at radius 2 is 2.00 bits per heavy atom. The summed E-state index contributed by atoms with van der Waals surface area (Å²) in [7, 11) is 0. The lowest BCUT2D eigenvalue weighted by Crippen LogP contribution is -1.99. The quantitative estimate of drug-likeness (QED) is 0.577. The summed E-state index contributed by atoms with van der Waals surface area (Å²) in [6.07, 6.45) is 5.72. The van der Waals surface area contributed by atoms with Crippen molar-refractivity contribution in [2.24, 2.45) is 17.3 Å². The van der Waals surface area contributed by atoms with E-state index in [0.717, 1.165) is 11.8 Å². The fraction of sp³-hybridized carbons (Fsp3) is 1.00. The fourth-order valence-electron chi connectivity index (χ4n) is 2.07. The van der Waals surface area contributed by atoms with Crippen LogP contribution in [0.4, 0.5) is 0 Å². The highest BCUT2D eigenvalue weighted by Crippen LogP contribution is 2.54. The molecule has 0 aromatic rings. The largest absolute Gasteiger partial charge is 0.0654 e. The molecule has 2 atom stereocenters. The zero-order chi connectivity index (χ0) is 8.48. The van der Waals surface area contributed by atoms with Crippen LogP contribution < -0.4 is 0 Å². The Labute approximate surface area is 71.4 Å². The monoisotopic (exact) mass is 154 g/mol. The van der Waals surface area contributed by atoms with E-state index in [2.05, 4.69) is 27.7 Å². The normalized spacial score (nSPS) is 30.0. The van der Waals surface area contributed by atoms with Crippen LogP contribution in [0.1, 0.15) is 53.4 Å². The third kappa shape index (κ3) is 2.50. The number of hydrogen-bond donors (Lipinski definition) is 0. The Hall–Kier alpha value is 0. The second-order valence-electron chi connectivity index (χ2n) is 5.02. The van der Waals surface area contributed by atoms with Gasteiger partial charge in [0.05, 0.1) is 0 Å². The van der Waals surface area contributed by atoms with Gasteiger partial charge in [-0.2, -0.15) is 0 Å². The smallest absolute Gasteiger partial charge is 0.0323 e. The molecule has 0 aliphatic heterocycles. The molecule has 1 aliphatic carbocycles. The molecule has 1 saturated carbocycles. The second kappa shape index (κ2) is 3.16. The molecular formula is C11H22. The first-order valence-electron chi connectivity index (χ1n) is 5.06. The molecule has 1 rings (SSSR count). The highest BCUT2D eigenvalue weighted by Gasteiger charge is 2.45. The van der Waals surface area contributed by atoms with E-state index in [4.69, 9.17) is 0 Å². The van der Waals surface area contributed by atoms with E-state index in [-0.39, 0.29) is 0 Å². The summed E-state index contributed by atoms with van der Waals surface area (Å²) in [5, 5.41) is 0. The van der Waals surface area contributed by atoms with Crippen LogP contribution in [-0.2, 0) is 0 Å². The first-order valence-corrected chi connectivity index (χ1v) is 5.06. The molecule has 66 valence electrons. The van der Waals surface area contributed by atoms with Crippen LogP contribution in [0.2, 0.25) is 0 Å². The Kier molecular flexibility index (Phi) is 2.61. The molecule has 0 aromatic carbocycles. The summed E-state index contributed by atoms with van der Waals surface area (Å²) >= 11 is 0. The Morgan fingerprint density at radius 3 is 2.36 bits per heavy atom. The summed E-state index contributed by atoms with van der Waals surface area (Å²) in [5.41, 5.74) is 0.696. The van der Waals surface area contributed by atoms with Crippen LogP contribution in [0, 0.1) is 17.3 Å². The van der Waals surface area contributed by atoms with Crippen molar-refractivity contribution in [1.29, 1.82) is 0 Å². The molecule has 11 heavy (non-hydrogen) atoms. The van der Waals surface area contributed by atoms with E-state index in [0.29, 0.717) is 5.41 Å². The highest BCUT2D eigenvalue weighted by molar-refractivity contribution is 4.95. The molecule has 1 fully saturated rings. The molecule has 0 N–H and O–H groups in total. The minimum absolute atomic E-state index is 0.696. The van der Waals surface area contributed by atoms with Crippen LogP contribution >= 0.6 is 0 Å². The zero-order valence-corrected chi connectivity index (χ0v) is 8.48. The Balaban J connectivity index is 2.13. The first kappa shape index (κ1) is 9.09. The van der Waals surface area contributed by atoms with Crippen molar-refractivity contribution in [1.82, 2.24) is 0 Å². The maximum atomic E-state index is 2.40. The molecule has 1 aliphatic rings. The van der Waals surface area contributed by atoms with Crippen LogP contribution in [0.25, 0.3) is 0 Å². The van der Waals surface area contributed by atoms with Gasteiger partial charge in [0.2, 0.25) is 0 Å². The van der Waals surface area contributed by atoms with E-state index in [1.165, 1.54) is 25.7 Å². The van der Waals surface area contributed by atoms with Crippen molar-refractivity contribution in [2.75, 3.05) is 0 Å². The van der Waals surface area contributed by atoms with Gasteiger partial charge >= 0.3 is 0 Å². The van der Waals surface area contributed by atoms with Gasteiger partial charge in [0.15, 0.2) is 0 Å². The van der Waals surface area contributed by atoms with Crippen molar-refractivity contribution in [3.8, 4) is 0 Å². The molecular weight excluding hydrogens is 132 g/mol. The molecule has 0 bridgehead atoms. The van der Waals surface area contributed by atoms with Crippen molar-refractivity contribution < 1.29 is 0 Å².